The molecule has 0 bridgehead atoms. The largest absolute Gasteiger partial charge is 0.379 e. The van der Waals surface area contributed by atoms with Gasteiger partial charge in [-0.25, -0.2) is 4.68 Å². The molecule has 21 heavy (non-hydrogen) atoms. The van der Waals surface area contributed by atoms with Crippen molar-refractivity contribution in [2.75, 3.05) is 11.9 Å². The van der Waals surface area contributed by atoms with E-state index in [0.29, 0.717) is 42.0 Å². The van der Waals surface area contributed by atoms with Crippen LogP contribution in [0.2, 0.25) is 5.02 Å². The number of halogens is 1. The van der Waals surface area contributed by atoms with Crippen LogP contribution in [0.25, 0.3) is 0 Å². The zero-order valence-electron chi connectivity index (χ0n) is 11.5. The van der Waals surface area contributed by atoms with Gasteiger partial charge in [0.25, 0.3) is 5.56 Å². The topological polar surface area (TPSA) is 85.8 Å². The third-order valence-electron chi connectivity index (χ3n) is 3.70. The molecule has 1 aliphatic rings. The molecule has 2 heterocycles. The molecule has 0 atom stereocenters. The minimum atomic E-state index is -0.181. The third kappa shape index (κ3) is 3.24. The normalized spacial score (nSPS) is 14.9. The van der Waals surface area contributed by atoms with Gasteiger partial charge in [-0.3, -0.25) is 4.79 Å². The van der Waals surface area contributed by atoms with Gasteiger partial charge >= 0.3 is 0 Å². The molecular formula is C13H16ClN5O2. The van der Waals surface area contributed by atoms with E-state index in [-0.39, 0.29) is 5.56 Å². The molecule has 1 aliphatic carbocycles. The predicted molar refractivity (Wildman–Crippen MR) is 77.3 cm³/mol. The fourth-order valence-corrected chi connectivity index (χ4v) is 2.47. The molecule has 7 nitrogen and oxygen atoms in total. The van der Waals surface area contributed by atoms with E-state index in [2.05, 4.69) is 20.6 Å². The van der Waals surface area contributed by atoms with Crippen LogP contribution in [0.3, 0.4) is 0 Å². The molecule has 0 unspecified atom stereocenters. The molecule has 3 rings (SSSR count). The minimum absolute atomic E-state index is 0.181. The molecule has 0 amide bonds. The summed E-state index contributed by atoms with van der Waals surface area (Å²) in [6.07, 6.45) is 6.95. The number of nitrogens with zero attached hydrogens (tertiary/aromatic N) is 4. The fraction of sp³-hybridized carbons (Fsp3) is 0.538. The van der Waals surface area contributed by atoms with Gasteiger partial charge in [-0.1, -0.05) is 23.2 Å². The Bertz CT molecular complexity index is 651. The number of aromatic nitrogens is 4. The Kier molecular flexibility index (Phi) is 4.19. The van der Waals surface area contributed by atoms with Crippen molar-refractivity contribution < 1.29 is 4.52 Å². The third-order valence-corrected chi connectivity index (χ3v) is 3.99. The van der Waals surface area contributed by atoms with Crippen LogP contribution >= 0.6 is 11.6 Å². The molecule has 8 heteroatoms. The maximum Gasteiger partial charge on any atom is 0.291 e. The summed E-state index contributed by atoms with van der Waals surface area (Å²) in [6.45, 7) is 1.15. The van der Waals surface area contributed by atoms with Gasteiger partial charge < -0.3 is 9.84 Å². The van der Waals surface area contributed by atoms with E-state index < -0.39 is 0 Å². The fourth-order valence-electron chi connectivity index (χ4n) is 2.28. The highest BCUT2D eigenvalue weighted by atomic mass is 35.5. The van der Waals surface area contributed by atoms with Gasteiger partial charge in [-0.05, 0) is 18.8 Å². The molecule has 0 saturated heterocycles. The maximum atomic E-state index is 12.4. The first-order chi connectivity index (χ1) is 10.2. The van der Waals surface area contributed by atoms with Crippen LogP contribution in [0.1, 0.15) is 25.2 Å². The van der Waals surface area contributed by atoms with Crippen molar-refractivity contribution in [2.45, 2.75) is 32.2 Å². The first-order valence-corrected chi connectivity index (χ1v) is 7.37. The minimum Gasteiger partial charge on any atom is -0.379 e. The van der Waals surface area contributed by atoms with Crippen LogP contribution < -0.4 is 10.9 Å². The van der Waals surface area contributed by atoms with Crippen molar-refractivity contribution in [3.8, 4) is 0 Å². The van der Waals surface area contributed by atoms with Gasteiger partial charge in [-0.15, -0.1) is 0 Å². The van der Waals surface area contributed by atoms with Gasteiger partial charge in [0.2, 0.25) is 5.89 Å². The molecule has 1 N–H and O–H groups in total. The second-order valence-electron chi connectivity index (χ2n) is 5.16. The van der Waals surface area contributed by atoms with Crippen molar-refractivity contribution in [1.29, 1.82) is 0 Å². The highest BCUT2D eigenvalue weighted by Gasteiger charge is 2.20. The monoisotopic (exact) mass is 309 g/mol. The van der Waals surface area contributed by atoms with E-state index in [0.717, 1.165) is 12.8 Å². The Morgan fingerprint density at radius 3 is 3.00 bits per heavy atom. The van der Waals surface area contributed by atoms with Crippen LogP contribution in [0.15, 0.2) is 21.8 Å². The number of hydrogen-bond acceptors (Lipinski definition) is 6. The smallest absolute Gasteiger partial charge is 0.291 e. The number of anilines is 1. The van der Waals surface area contributed by atoms with Crippen LogP contribution in [0.5, 0.6) is 0 Å². The highest BCUT2D eigenvalue weighted by Crippen LogP contribution is 2.27. The van der Waals surface area contributed by atoms with E-state index in [9.17, 15) is 4.79 Å². The lowest BCUT2D eigenvalue weighted by molar-refractivity contribution is 0.262. The van der Waals surface area contributed by atoms with Crippen LogP contribution in [-0.4, -0.2) is 26.5 Å². The molecule has 0 radical (unpaired) electrons. The van der Waals surface area contributed by atoms with Gasteiger partial charge in [0.05, 0.1) is 11.2 Å². The number of hydrogen-bond donors (Lipinski definition) is 1. The Hall–Kier alpha value is -1.89. The van der Waals surface area contributed by atoms with E-state index in [1.54, 1.807) is 0 Å². The standard InChI is InChI=1S/C13H16ClN5O2/c14-10-6-17-19(7-9-2-1-3-9)13(20)12(10)15-5-4-11-16-8-18-21-11/h6,8-9,15H,1-5,7H2. The second kappa shape index (κ2) is 6.26. The summed E-state index contributed by atoms with van der Waals surface area (Å²) in [5.41, 5.74) is 0.199. The molecule has 112 valence electrons. The lowest BCUT2D eigenvalue weighted by atomic mass is 9.85. The van der Waals surface area contributed by atoms with Crippen molar-refractivity contribution in [3.63, 3.8) is 0 Å². The van der Waals surface area contributed by atoms with Crippen molar-refractivity contribution >= 4 is 17.3 Å². The van der Waals surface area contributed by atoms with Crippen molar-refractivity contribution in [1.82, 2.24) is 19.9 Å². The summed E-state index contributed by atoms with van der Waals surface area (Å²) in [5.74, 6) is 1.07. The molecule has 2 aromatic heterocycles. The highest BCUT2D eigenvalue weighted by molar-refractivity contribution is 6.32. The summed E-state index contributed by atoms with van der Waals surface area (Å²) in [6, 6.07) is 0. The van der Waals surface area contributed by atoms with E-state index in [4.69, 9.17) is 16.1 Å². The summed E-state index contributed by atoms with van der Waals surface area (Å²) < 4.78 is 6.39. The number of nitrogens with one attached hydrogen (secondary N) is 1. The molecule has 1 fully saturated rings. The Morgan fingerprint density at radius 1 is 1.48 bits per heavy atom. The molecular weight excluding hydrogens is 294 g/mol. The Balaban J connectivity index is 1.67. The van der Waals surface area contributed by atoms with E-state index in [1.807, 2.05) is 0 Å². The SMILES string of the molecule is O=c1c(NCCc2ncno2)c(Cl)cnn1CC1CCC1. The predicted octanol–water partition coefficient (Wildman–Crippen LogP) is 1.73. The van der Waals surface area contributed by atoms with E-state index in [1.165, 1.54) is 23.6 Å². The molecule has 2 aromatic rings. The Morgan fingerprint density at radius 2 is 2.33 bits per heavy atom. The van der Waals surface area contributed by atoms with Gasteiger partial charge in [0.1, 0.15) is 5.69 Å². The second-order valence-corrected chi connectivity index (χ2v) is 5.57. The first-order valence-electron chi connectivity index (χ1n) is 6.99. The van der Waals surface area contributed by atoms with Gasteiger partial charge in [0, 0.05) is 19.5 Å². The molecule has 0 aromatic carbocycles. The maximum absolute atomic E-state index is 12.4. The summed E-state index contributed by atoms with van der Waals surface area (Å²) >= 11 is 6.06. The van der Waals surface area contributed by atoms with E-state index >= 15 is 0 Å². The lowest BCUT2D eigenvalue weighted by Crippen LogP contribution is -2.31. The lowest BCUT2D eigenvalue weighted by Gasteiger charge is -2.25. The average Bonchev–Trinajstić information content (AvgIpc) is 2.93. The van der Waals surface area contributed by atoms with Crippen molar-refractivity contribution in [3.05, 3.63) is 33.8 Å². The zero-order chi connectivity index (χ0) is 14.7. The molecule has 0 spiro atoms. The molecule has 0 aliphatic heterocycles. The summed E-state index contributed by atoms with van der Waals surface area (Å²) in [4.78, 5) is 16.3. The summed E-state index contributed by atoms with van der Waals surface area (Å²) in [7, 11) is 0. The average molecular weight is 310 g/mol. The summed E-state index contributed by atoms with van der Waals surface area (Å²) in [5, 5.41) is 11.0. The van der Waals surface area contributed by atoms with Gasteiger partial charge in [0.15, 0.2) is 6.33 Å². The first kappa shape index (κ1) is 14.1. The quantitative estimate of drug-likeness (QED) is 0.874. The molecule has 1 saturated carbocycles. The van der Waals surface area contributed by atoms with Crippen LogP contribution in [-0.2, 0) is 13.0 Å². The number of rotatable bonds is 6. The van der Waals surface area contributed by atoms with Crippen LogP contribution in [0, 0.1) is 5.92 Å². The van der Waals surface area contributed by atoms with Gasteiger partial charge in [-0.2, -0.15) is 10.1 Å². The van der Waals surface area contributed by atoms with Crippen LogP contribution in [0.4, 0.5) is 5.69 Å². The zero-order valence-corrected chi connectivity index (χ0v) is 12.2. The van der Waals surface area contributed by atoms with Crippen molar-refractivity contribution in [2.24, 2.45) is 5.92 Å². The Labute approximate surface area is 126 Å².